The predicted molar refractivity (Wildman–Crippen MR) is 135 cm³/mol. The molecule has 0 saturated carbocycles. The number of oxime groups is 1. The first-order chi connectivity index (χ1) is 16.5. The van der Waals surface area contributed by atoms with Crippen molar-refractivity contribution in [2.24, 2.45) is 5.16 Å². The van der Waals surface area contributed by atoms with Crippen LogP contribution in [0.25, 0.3) is 11.1 Å². The van der Waals surface area contributed by atoms with E-state index in [1.807, 2.05) is 54.6 Å². The molecule has 0 amide bonds. The molecule has 3 aromatic carbocycles. The lowest BCUT2D eigenvalue weighted by atomic mass is 9.85. The summed E-state index contributed by atoms with van der Waals surface area (Å²) in [6, 6.07) is 29.0. The molecule has 0 aliphatic rings. The molecule has 0 saturated heterocycles. The van der Waals surface area contributed by atoms with E-state index in [1.165, 1.54) is 0 Å². The Kier molecular flexibility index (Phi) is 7.18. The van der Waals surface area contributed by atoms with E-state index >= 15 is 0 Å². The van der Waals surface area contributed by atoms with Crippen LogP contribution >= 0.6 is 0 Å². The molecule has 1 unspecified atom stereocenters. The summed E-state index contributed by atoms with van der Waals surface area (Å²) in [6.45, 7) is 1.65. The van der Waals surface area contributed by atoms with Gasteiger partial charge in [-0.25, -0.2) is 8.42 Å². The van der Waals surface area contributed by atoms with Gasteiger partial charge in [-0.1, -0.05) is 78.8 Å². The van der Waals surface area contributed by atoms with Crippen LogP contribution in [0.15, 0.2) is 113 Å². The van der Waals surface area contributed by atoms with E-state index < -0.39 is 9.84 Å². The molecular formula is C28H26N2O3S. The summed E-state index contributed by atoms with van der Waals surface area (Å²) in [5, 5.41) is 13.3. The van der Waals surface area contributed by atoms with Crippen molar-refractivity contribution in [3.63, 3.8) is 0 Å². The SMILES string of the molecule is CCS(=O)(=O)c1ccc(-c2ccc(C(C/C(=N\O)c3ccncc3)c3ccccc3)cc2)cc1. The van der Waals surface area contributed by atoms with Crippen LogP contribution in [0.4, 0.5) is 0 Å². The molecule has 172 valence electrons. The van der Waals surface area contributed by atoms with E-state index in [0.717, 1.165) is 27.8 Å². The van der Waals surface area contributed by atoms with E-state index in [1.54, 1.807) is 31.5 Å². The lowest BCUT2D eigenvalue weighted by molar-refractivity contribution is 0.317. The first-order valence-electron chi connectivity index (χ1n) is 11.1. The smallest absolute Gasteiger partial charge is 0.178 e. The van der Waals surface area contributed by atoms with Crippen molar-refractivity contribution in [2.75, 3.05) is 5.75 Å². The monoisotopic (exact) mass is 470 g/mol. The van der Waals surface area contributed by atoms with Crippen molar-refractivity contribution < 1.29 is 13.6 Å². The van der Waals surface area contributed by atoms with E-state index in [2.05, 4.69) is 34.4 Å². The standard InChI is InChI=1S/C28H26N2O3S/c1-2-34(32,33)26-14-12-22(13-15-26)21-8-10-24(11-9-21)27(23-6-4-3-5-7-23)20-28(30-31)25-16-18-29-19-17-25/h3-19,27,31H,2,20H2,1H3/b30-28+. The van der Waals surface area contributed by atoms with Crippen molar-refractivity contribution >= 4 is 15.5 Å². The maximum Gasteiger partial charge on any atom is 0.178 e. The van der Waals surface area contributed by atoms with Gasteiger partial charge in [-0.05, 0) is 46.5 Å². The molecule has 0 spiro atoms. The summed E-state index contributed by atoms with van der Waals surface area (Å²) >= 11 is 0. The average Bonchev–Trinajstić information content (AvgIpc) is 2.90. The van der Waals surface area contributed by atoms with Crippen LogP contribution in [0.1, 0.15) is 36.0 Å². The number of hydrogen-bond donors (Lipinski definition) is 1. The fraction of sp³-hybridized carbons (Fsp3) is 0.143. The lowest BCUT2D eigenvalue weighted by Gasteiger charge is -2.19. The Morgan fingerprint density at radius 3 is 1.94 bits per heavy atom. The molecule has 5 nitrogen and oxygen atoms in total. The topological polar surface area (TPSA) is 79.6 Å². The van der Waals surface area contributed by atoms with Gasteiger partial charge in [0.05, 0.1) is 16.4 Å². The van der Waals surface area contributed by atoms with Crippen molar-refractivity contribution in [1.29, 1.82) is 0 Å². The Labute approximate surface area is 200 Å². The van der Waals surface area contributed by atoms with Crippen LogP contribution < -0.4 is 0 Å². The van der Waals surface area contributed by atoms with Crippen molar-refractivity contribution in [1.82, 2.24) is 4.98 Å². The van der Waals surface area contributed by atoms with Crippen LogP contribution in [-0.2, 0) is 9.84 Å². The summed E-state index contributed by atoms with van der Waals surface area (Å²) in [4.78, 5) is 4.39. The largest absolute Gasteiger partial charge is 0.411 e. The van der Waals surface area contributed by atoms with E-state index in [0.29, 0.717) is 17.0 Å². The zero-order valence-corrected chi connectivity index (χ0v) is 19.7. The summed E-state index contributed by atoms with van der Waals surface area (Å²) in [5.74, 6) is 0.0759. The summed E-state index contributed by atoms with van der Waals surface area (Å²) < 4.78 is 24.2. The first-order valence-corrected chi connectivity index (χ1v) is 12.8. The predicted octanol–water partition coefficient (Wildman–Crippen LogP) is 5.94. The first kappa shape index (κ1) is 23.4. The Morgan fingerprint density at radius 2 is 1.38 bits per heavy atom. The number of sulfone groups is 1. The van der Waals surface area contributed by atoms with E-state index in [4.69, 9.17) is 0 Å². The molecule has 1 aromatic heterocycles. The van der Waals surface area contributed by atoms with Gasteiger partial charge in [0.25, 0.3) is 0 Å². The minimum Gasteiger partial charge on any atom is -0.411 e. The second-order valence-corrected chi connectivity index (χ2v) is 10.3. The lowest BCUT2D eigenvalue weighted by Crippen LogP contribution is -2.10. The average molecular weight is 471 g/mol. The van der Waals surface area contributed by atoms with Gasteiger partial charge in [0.1, 0.15) is 0 Å². The van der Waals surface area contributed by atoms with Crippen molar-refractivity contribution in [2.45, 2.75) is 24.2 Å². The summed E-state index contributed by atoms with van der Waals surface area (Å²) in [5.41, 5.74) is 5.59. The third-order valence-electron chi connectivity index (χ3n) is 5.97. The minimum atomic E-state index is -3.22. The number of nitrogens with zero attached hydrogens (tertiary/aromatic N) is 2. The molecule has 6 heteroatoms. The van der Waals surface area contributed by atoms with Crippen molar-refractivity contribution in [3.8, 4) is 11.1 Å². The van der Waals surface area contributed by atoms with Gasteiger partial charge in [-0.2, -0.15) is 0 Å². The van der Waals surface area contributed by atoms with Gasteiger partial charge in [0, 0.05) is 30.3 Å². The third kappa shape index (κ3) is 5.24. The highest BCUT2D eigenvalue weighted by atomic mass is 32.2. The number of rotatable bonds is 8. The molecule has 0 radical (unpaired) electrons. The fourth-order valence-corrected chi connectivity index (χ4v) is 4.88. The minimum absolute atomic E-state index is 0.00797. The normalized spacial score (nSPS) is 12.9. The summed E-state index contributed by atoms with van der Waals surface area (Å²) in [7, 11) is -3.22. The molecule has 4 aromatic rings. The molecule has 4 rings (SSSR count). The fourth-order valence-electron chi connectivity index (χ4n) is 4.00. The van der Waals surface area contributed by atoms with E-state index in [9.17, 15) is 13.6 Å². The second kappa shape index (κ2) is 10.4. The molecule has 0 aliphatic carbocycles. The highest BCUT2D eigenvalue weighted by Gasteiger charge is 2.19. The number of aromatic nitrogens is 1. The molecule has 0 fully saturated rings. The van der Waals surface area contributed by atoms with Gasteiger partial charge in [0.2, 0.25) is 0 Å². The molecule has 0 aliphatic heterocycles. The zero-order valence-electron chi connectivity index (χ0n) is 18.9. The Hall–Kier alpha value is -3.77. The van der Waals surface area contributed by atoms with Crippen LogP contribution in [0.5, 0.6) is 0 Å². The molecule has 1 N–H and O–H groups in total. The molecular weight excluding hydrogens is 444 g/mol. The van der Waals surface area contributed by atoms with Gasteiger partial charge in [0.15, 0.2) is 9.84 Å². The van der Waals surface area contributed by atoms with E-state index in [-0.39, 0.29) is 11.7 Å². The quantitative estimate of drug-likeness (QED) is 0.196. The highest BCUT2D eigenvalue weighted by Crippen LogP contribution is 2.32. The highest BCUT2D eigenvalue weighted by molar-refractivity contribution is 7.91. The van der Waals surface area contributed by atoms with Crippen LogP contribution in [-0.4, -0.2) is 30.1 Å². The third-order valence-corrected chi connectivity index (χ3v) is 7.72. The maximum absolute atomic E-state index is 12.1. The van der Waals surface area contributed by atoms with Gasteiger partial charge < -0.3 is 5.21 Å². The molecule has 1 heterocycles. The molecule has 34 heavy (non-hydrogen) atoms. The van der Waals surface area contributed by atoms with Crippen LogP contribution in [0.2, 0.25) is 0 Å². The maximum atomic E-state index is 12.1. The number of hydrogen-bond acceptors (Lipinski definition) is 5. The second-order valence-electron chi connectivity index (χ2n) is 8.00. The van der Waals surface area contributed by atoms with Gasteiger partial charge >= 0.3 is 0 Å². The van der Waals surface area contributed by atoms with Crippen molar-refractivity contribution in [3.05, 3.63) is 120 Å². The Balaban J connectivity index is 1.64. The Morgan fingerprint density at radius 1 is 0.824 bits per heavy atom. The van der Waals surface area contributed by atoms with Crippen LogP contribution in [0, 0.1) is 0 Å². The van der Waals surface area contributed by atoms with Crippen LogP contribution in [0.3, 0.4) is 0 Å². The number of benzene rings is 3. The molecule has 1 atom stereocenters. The summed E-state index contributed by atoms with van der Waals surface area (Å²) in [6.07, 6.45) is 3.89. The molecule has 0 bridgehead atoms. The Bertz CT molecular complexity index is 1350. The van der Waals surface area contributed by atoms with Gasteiger partial charge in [-0.3, -0.25) is 4.98 Å². The van der Waals surface area contributed by atoms with Gasteiger partial charge in [-0.15, -0.1) is 0 Å². The zero-order chi connectivity index (χ0) is 24.0. The number of pyridine rings is 1.